The van der Waals surface area contributed by atoms with E-state index in [0.29, 0.717) is 0 Å². The predicted molar refractivity (Wildman–Crippen MR) is 140 cm³/mol. The van der Waals surface area contributed by atoms with Gasteiger partial charge in [0.2, 0.25) is 0 Å². The van der Waals surface area contributed by atoms with Crippen molar-refractivity contribution in [1.82, 2.24) is 0 Å². The van der Waals surface area contributed by atoms with Gasteiger partial charge in [-0.15, -0.1) is 0 Å². The van der Waals surface area contributed by atoms with E-state index in [1.54, 1.807) is 0 Å². The van der Waals surface area contributed by atoms with E-state index in [1.165, 1.54) is 27.2 Å². The second kappa shape index (κ2) is 9.86. The van der Waals surface area contributed by atoms with Crippen molar-refractivity contribution in [3.8, 4) is 0 Å². The molecule has 0 saturated carbocycles. The maximum absolute atomic E-state index is 2.53. The molecule has 0 unspecified atom stereocenters. The zero-order valence-electron chi connectivity index (χ0n) is 18.4. The van der Waals surface area contributed by atoms with Crippen LogP contribution in [0.3, 0.4) is 0 Å². The Kier molecular flexibility index (Phi) is 6.75. The number of hydrogen-bond donors (Lipinski definition) is 0. The standard InChI is InChI=1S/C29H30NP/c1-3-30(4-2)26-22-20-25(21-23-26)24-31(27-14-8-5-9-15-27,28-16-10-6-11-17-28)29-18-12-7-13-19-29/h5-24H,3-4H2,1-2H3. The largest absolute Gasteiger partial charge is 0.372 e. The average molecular weight is 424 g/mol. The smallest absolute Gasteiger partial charge is 0.0366 e. The summed E-state index contributed by atoms with van der Waals surface area (Å²) in [5, 5.41) is 4.13. The fourth-order valence-corrected chi connectivity index (χ4v) is 8.13. The van der Waals surface area contributed by atoms with E-state index >= 15 is 0 Å². The molecule has 4 aromatic rings. The van der Waals surface area contributed by atoms with Gasteiger partial charge in [0, 0.05) is 18.8 Å². The first kappa shape index (κ1) is 21.2. The molecule has 1 nitrogen and oxygen atoms in total. The number of rotatable bonds is 7. The molecule has 0 fully saturated rings. The summed E-state index contributed by atoms with van der Waals surface area (Å²) in [4.78, 5) is 2.39. The van der Waals surface area contributed by atoms with E-state index in [-0.39, 0.29) is 0 Å². The second-order valence-electron chi connectivity index (χ2n) is 7.62. The molecule has 2 heteroatoms. The first-order valence-corrected chi connectivity index (χ1v) is 12.9. The Hall–Kier alpha value is -3.02. The molecule has 0 heterocycles. The van der Waals surface area contributed by atoms with E-state index in [1.807, 2.05) is 0 Å². The van der Waals surface area contributed by atoms with Gasteiger partial charge in [-0.05, 0) is 60.1 Å². The van der Waals surface area contributed by atoms with Gasteiger partial charge in [0.05, 0.1) is 0 Å². The van der Waals surface area contributed by atoms with Crippen LogP contribution < -0.4 is 20.8 Å². The van der Waals surface area contributed by atoms with Crippen molar-refractivity contribution in [2.24, 2.45) is 0 Å². The van der Waals surface area contributed by atoms with Crippen molar-refractivity contribution in [3.63, 3.8) is 0 Å². The van der Waals surface area contributed by atoms with Crippen molar-refractivity contribution in [2.45, 2.75) is 13.8 Å². The van der Waals surface area contributed by atoms with Crippen LogP contribution in [-0.2, 0) is 0 Å². The molecule has 0 atom stereocenters. The zero-order valence-corrected chi connectivity index (χ0v) is 19.3. The van der Waals surface area contributed by atoms with Crippen LogP contribution in [0, 0.1) is 0 Å². The van der Waals surface area contributed by atoms with E-state index in [2.05, 4.69) is 140 Å². The first-order valence-electron chi connectivity index (χ1n) is 11.0. The Morgan fingerprint density at radius 1 is 0.548 bits per heavy atom. The lowest BCUT2D eigenvalue weighted by atomic mass is 10.2. The Labute approximate surface area is 187 Å². The van der Waals surface area contributed by atoms with Crippen LogP contribution >= 0.6 is 6.89 Å². The highest BCUT2D eigenvalue weighted by Crippen LogP contribution is 2.44. The quantitative estimate of drug-likeness (QED) is 0.346. The number of hydrogen-bond acceptors (Lipinski definition) is 1. The summed E-state index contributed by atoms with van der Waals surface area (Å²) in [5.41, 5.74) is 2.55. The number of benzene rings is 4. The molecule has 0 aliphatic carbocycles. The summed E-state index contributed by atoms with van der Waals surface area (Å²) in [7, 11) is 0. The summed E-state index contributed by atoms with van der Waals surface area (Å²) < 4.78 is 0. The monoisotopic (exact) mass is 423 g/mol. The van der Waals surface area contributed by atoms with Gasteiger partial charge in [-0.25, -0.2) is 0 Å². The molecular formula is C29H30NP. The Bertz CT molecular complexity index is 1030. The number of anilines is 1. The lowest BCUT2D eigenvalue weighted by molar-refractivity contribution is 0.866. The lowest BCUT2D eigenvalue weighted by Gasteiger charge is -2.29. The summed E-state index contributed by atoms with van der Waals surface area (Å²) in [6.45, 7) is 4.50. The van der Waals surface area contributed by atoms with Gasteiger partial charge in [0.25, 0.3) is 0 Å². The van der Waals surface area contributed by atoms with Crippen molar-refractivity contribution in [1.29, 1.82) is 0 Å². The maximum atomic E-state index is 2.53. The molecule has 0 amide bonds. The highest BCUT2D eigenvalue weighted by molar-refractivity contribution is 7.94. The van der Waals surface area contributed by atoms with Gasteiger partial charge in [0.15, 0.2) is 0 Å². The van der Waals surface area contributed by atoms with E-state index < -0.39 is 6.89 Å². The maximum Gasteiger partial charge on any atom is 0.0366 e. The minimum absolute atomic E-state index is 1.02. The molecule has 0 N–H and O–H groups in total. The van der Waals surface area contributed by atoms with E-state index in [9.17, 15) is 0 Å². The van der Waals surface area contributed by atoms with E-state index in [4.69, 9.17) is 0 Å². The Balaban J connectivity index is 1.99. The summed E-state index contributed by atoms with van der Waals surface area (Å²) in [6, 6.07) is 42.1. The van der Waals surface area contributed by atoms with Crippen molar-refractivity contribution >= 4 is 34.3 Å². The predicted octanol–water partition coefficient (Wildman–Crippen LogP) is 5.68. The fourth-order valence-electron chi connectivity index (χ4n) is 4.24. The molecule has 0 bridgehead atoms. The molecule has 0 aliphatic rings. The Morgan fingerprint density at radius 3 is 1.29 bits per heavy atom. The summed E-state index contributed by atoms with van der Waals surface area (Å²) in [5.74, 6) is 2.53. The summed E-state index contributed by atoms with van der Waals surface area (Å²) in [6.07, 6.45) is 0. The van der Waals surface area contributed by atoms with Gasteiger partial charge >= 0.3 is 0 Å². The van der Waals surface area contributed by atoms with E-state index in [0.717, 1.165) is 13.1 Å². The number of nitrogens with zero attached hydrogens (tertiary/aromatic N) is 1. The van der Waals surface area contributed by atoms with Crippen LogP contribution in [0.5, 0.6) is 0 Å². The molecule has 0 saturated heterocycles. The van der Waals surface area contributed by atoms with Gasteiger partial charge in [0.1, 0.15) is 0 Å². The third-order valence-corrected chi connectivity index (χ3v) is 9.88. The van der Waals surface area contributed by atoms with Gasteiger partial charge in [-0.2, -0.15) is 0 Å². The molecule has 156 valence electrons. The molecule has 4 rings (SSSR count). The lowest BCUT2D eigenvalue weighted by Crippen LogP contribution is -2.27. The van der Waals surface area contributed by atoms with Crippen LogP contribution in [0.25, 0.3) is 0 Å². The highest BCUT2D eigenvalue weighted by Gasteiger charge is 2.24. The SMILES string of the molecule is CCN(CC)c1ccc(C=P(c2ccccc2)(c2ccccc2)c2ccccc2)cc1. The third-order valence-electron chi connectivity index (χ3n) is 5.85. The van der Waals surface area contributed by atoms with Gasteiger partial charge in [-0.1, -0.05) is 103 Å². The second-order valence-corrected chi connectivity index (χ2v) is 10.9. The van der Waals surface area contributed by atoms with Crippen LogP contribution in [0.4, 0.5) is 5.69 Å². The summed E-state index contributed by atoms with van der Waals surface area (Å²) >= 11 is 0. The van der Waals surface area contributed by atoms with Crippen molar-refractivity contribution in [3.05, 3.63) is 121 Å². The minimum atomic E-state index is -1.97. The first-order chi connectivity index (χ1) is 15.3. The average Bonchev–Trinajstić information content (AvgIpc) is 2.86. The molecule has 0 radical (unpaired) electrons. The molecule has 0 aromatic heterocycles. The minimum Gasteiger partial charge on any atom is -0.372 e. The third kappa shape index (κ3) is 4.38. The fraction of sp³-hybridized carbons (Fsp3) is 0.138. The molecule has 0 spiro atoms. The Morgan fingerprint density at radius 2 is 0.935 bits per heavy atom. The van der Waals surface area contributed by atoms with Crippen LogP contribution in [0.2, 0.25) is 0 Å². The van der Waals surface area contributed by atoms with Gasteiger partial charge in [-0.3, -0.25) is 0 Å². The van der Waals surface area contributed by atoms with Gasteiger partial charge < -0.3 is 4.90 Å². The topological polar surface area (TPSA) is 3.24 Å². The van der Waals surface area contributed by atoms with Crippen molar-refractivity contribution in [2.75, 3.05) is 18.0 Å². The van der Waals surface area contributed by atoms with Crippen LogP contribution in [0.15, 0.2) is 115 Å². The van der Waals surface area contributed by atoms with Crippen LogP contribution in [-0.4, -0.2) is 18.9 Å². The molecular weight excluding hydrogens is 393 g/mol. The molecule has 31 heavy (non-hydrogen) atoms. The van der Waals surface area contributed by atoms with Crippen LogP contribution in [0.1, 0.15) is 19.4 Å². The molecule has 0 aliphatic heterocycles. The molecule has 4 aromatic carbocycles. The zero-order chi connectivity index (χ0) is 21.5. The normalized spacial score (nSPS) is 11.2. The van der Waals surface area contributed by atoms with Crippen molar-refractivity contribution < 1.29 is 0 Å². The highest BCUT2D eigenvalue weighted by atomic mass is 31.2.